The highest BCUT2D eigenvalue weighted by atomic mass is 32.2. The molecular formula is C17H18O3S. The van der Waals surface area contributed by atoms with Crippen LogP contribution in [0.2, 0.25) is 0 Å². The summed E-state index contributed by atoms with van der Waals surface area (Å²) >= 11 is 1.82. The molecule has 1 N–H and O–H groups in total. The molecule has 2 aromatic carbocycles. The highest BCUT2D eigenvalue weighted by Gasteiger charge is 2.06. The predicted octanol–water partition coefficient (Wildman–Crippen LogP) is 4.07. The molecule has 3 nitrogen and oxygen atoms in total. The minimum Gasteiger partial charge on any atom is -0.492 e. The fraction of sp³-hybridized carbons (Fsp3) is 0.235. The summed E-state index contributed by atoms with van der Waals surface area (Å²) in [5.74, 6) is 1.75. The van der Waals surface area contributed by atoms with Gasteiger partial charge < -0.3 is 9.84 Å². The molecule has 110 valence electrons. The minimum atomic E-state index is -0.963. The second kappa shape index (κ2) is 7.74. The van der Waals surface area contributed by atoms with Crippen LogP contribution in [0.5, 0.6) is 5.75 Å². The SMILES string of the molecule is CCSCCOc1ccc2ccccc2c1/C=C/C(=O)O. The van der Waals surface area contributed by atoms with Gasteiger partial charge in [0.2, 0.25) is 0 Å². The van der Waals surface area contributed by atoms with Gasteiger partial charge >= 0.3 is 5.97 Å². The van der Waals surface area contributed by atoms with E-state index in [1.54, 1.807) is 6.08 Å². The van der Waals surface area contributed by atoms with Gasteiger partial charge in [-0.15, -0.1) is 0 Å². The van der Waals surface area contributed by atoms with Gasteiger partial charge in [-0.2, -0.15) is 11.8 Å². The number of benzene rings is 2. The molecular weight excluding hydrogens is 284 g/mol. The molecule has 0 bridgehead atoms. The van der Waals surface area contributed by atoms with Gasteiger partial charge in [-0.1, -0.05) is 37.3 Å². The molecule has 0 unspecified atom stereocenters. The van der Waals surface area contributed by atoms with Crippen molar-refractivity contribution >= 4 is 34.6 Å². The van der Waals surface area contributed by atoms with E-state index in [2.05, 4.69) is 6.92 Å². The van der Waals surface area contributed by atoms with Gasteiger partial charge in [0.05, 0.1) is 6.61 Å². The van der Waals surface area contributed by atoms with Crippen molar-refractivity contribution in [3.63, 3.8) is 0 Å². The Morgan fingerprint density at radius 1 is 1.29 bits per heavy atom. The van der Waals surface area contributed by atoms with Crippen molar-refractivity contribution < 1.29 is 14.6 Å². The van der Waals surface area contributed by atoms with Crippen LogP contribution in [0.4, 0.5) is 0 Å². The Labute approximate surface area is 128 Å². The summed E-state index contributed by atoms with van der Waals surface area (Å²) in [7, 11) is 0. The van der Waals surface area contributed by atoms with Crippen LogP contribution in [0.1, 0.15) is 12.5 Å². The topological polar surface area (TPSA) is 46.5 Å². The number of aliphatic carboxylic acids is 1. The van der Waals surface area contributed by atoms with Gasteiger partial charge in [-0.3, -0.25) is 0 Å². The third-order valence-corrected chi connectivity index (χ3v) is 3.88. The quantitative estimate of drug-likeness (QED) is 0.618. The molecule has 0 heterocycles. The van der Waals surface area contributed by atoms with Gasteiger partial charge in [0, 0.05) is 17.4 Å². The zero-order valence-electron chi connectivity index (χ0n) is 11.9. The van der Waals surface area contributed by atoms with Crippen molar-refractivity contribution in [3.8, 4) is 5.75 Å². The first-order valence-corrected chi connectivity index (χ1v) is 8.01. The number of carboxylic acids is 1. The fourth-order valence-corrected chi connectivity index (χ4v) is 2.57. The van der Waals surface area contributed by atoms with Crippen molar-refractivity contribution in [2.45, 2.75) is 6.92 Å². The zero-order valence-corrected chi connectivity index (χ0v) is 12.7. The maximum absolute atomic E-state index is 10.8. The summed E-state index contributed by atoms with van der Waals surface area (Å²) in [6.45, 7) is 2.73. The number of ether oxygens (including phenoxy) is 1. The van der Waals surface area contributed by atoms with Gasteiger partial charge in [0.1, 0.15) is 5.75 Å². The Hall–Kier alpha value is -1.94. The molecule has 0 saturated heterocycles. The van der Waals surface area contributed by atoms with Gasteiger partial charge in [-0.25, -0.2) is 4.79 Å². The van der Waals surface area contributed by atoms with E-state index in [1.807, 2.05) is 48.2 Å². The Morgan fingerprint density at radius 2 is 2.10 bits per heavy atom. The zero-order chi connectivity index (χ0) is 15.1. The van der Waals surface area contributed by atoms with E-state index >= 15 is 0 Å². The normalized spacial score (nSPS) is 11.1. The lowest BCUT2D eigenvalue weighted by Crippen LogP contribution is -2.02. The van der Waals surface area contributed by atoms with Gasteiger partial charge in [0.15, 0.2) is 0 Å². The van der Waals surface area contributed by atoms with Crippen LogP contribution in [-0.2, 0) is 4.79 Å². The maximum atomic E-state index is 10.8. The number of carboxylic acid groups (broad SMARTS) is 1. The van der Waals surface area contributed by atoms with Crippen molar-refractivity contribution in [3.05, 3.63) is 48.0 Å². The van der Waals surface area contributed by atoms with Crippen LogP contribution in [0, 0.1) is 0 Å². The summed E-state index contributed by atoms with van der Waals surface area (Å²) in [5, 5.41) is 10.9. The molecule has 0 aliphatic heterocycles. The van der Waals surface area contributed by atoms with E-state index in [0.29, 0.717) is 6.61 Å². The monoisotopic (exact) mass is 302 g/mol. The summed E-state index contributed by atoms with van der Waals surface area (Å²) in [6, 6.07) is 11.8. The Morgan fingerprint density at radius 3 is 2.86 bits per heavy atom. The highest BCUT2D eigenvalue weighted by molar-refractivity contribution is 7.99. The summed E-state index contributed by atoms with van der Waals surface area (Å²) in [6.07, 6.45) is 2.75. The van der Waals surface area contributed by atoms with Crippen molar-refractivity contribution in [1.82, 2.24) is 0 Å². The summed E-state index contributed by atoms with van der Waals surface area (Å²) in [5.41, 5.74) is 0.817. The summed E-state index contributed by atoms with van der Waals surface area (Å²) < 4.78 is 5.81. The molecule has 0 aliphatic carbocycles. The molecule has 0 radical (unpaired) electrons. The first-order chi connectivity index (χ1) is 10.2. The second-order valence-corrected chi connectivity index (χ2v) is 5.81. The number of thioether (sulfide) groups is 1. The average molecular weight is 302 g/mol. The van der Waals surface area contributed by atoms with E-state index in [-0.39, 0.29) is 0 Å². The minimum absolute atomic E-state index is 0.616. The number of rotatable bonds is 7. The van der Waals surface area contributed by atoms with E-state index in [9.17, 15) is 4.79 Å². The maximum Gasteiger partial charge on any atom is 0.328 e. The van der Waals surface area contributed by atoms with Gasteiger partial charge in [0.25, 0.3) is 0 Å². The van der Waals surface area contributed by atoms with Crippen LogP contribution < -0.4 is 4.74 Å². The lowest BCUT2D eigenvalue weighted by Gasteiger charge is -2.11. The predicted molar refractivity (Wildman–Crippen MR) is 89.1 cm³/mol. The molecule has 2 rings (SSSR count). The number of hydrogen-bond acceptors (Lipinski definition) is 3. The van der Waals surface area contributed by atoms with Crippen LogP contribution in [0.15, 0.2) is 42.5 Å². The average Bonchev–Trinajstić information content (AvgIpc) is 2.49. The van der Waals surface area contributed by atoms with Gasteiger partial charge in [-0.05, 0) is 28.7 Å². The fourth-order valence-electron chi connectivity index (χ4n) is 2.08. The largest absolute Gasteiger partial charge is 0.492 e. The molecule has 4 heteroatoms. The van der Waals surface area contributed by atoms with Crippen LogP contribution >= 0.6 is 11.8 Å². The first-order valence-electron chi connectivity index (χ1n) is 6.85. The smallest absolute Gasteiger partial charge is 0.328 e. The first kappa shape index (κ1) is 15.4. The Kier molecular flexibility index (Phi) is 5.69. The number of hydrogen-bond donors (Lipinski definition) is 1. The van der Waals surface area contributed by atoms with Crippen molar-refractivity contribution in [2.75, 3.05) is 18.1 Å². The molecule has 0 amide bonds. The number of fused-ring (bicyclic) bond motifs is 1. The van der Waals surface area contributed by atoms with Crippen LogP contribution in [0.3, 0.4) is 0 Å². The highest BCUT2D eigenvalue weighted by Crippen LogP contribution is 2.29. The Balaban J connectivity index is 2.34. The molecule has 0 aromatic heterocycles. The van der Waals surface area contributed by atoms with E-state index < -0.39 is 5.97 Å². The molecule has 2 aromatic rings. The third-order valence-electron chi connectivity index (χ3n) is 3.01. The molecule has 0 fully saturated rings. The van der Waals surface area contributed by atoms with E-state index in [4.69, 9.17) is 9.84 Å². The Bertz CT molecular complexity index is 650. The lowest BCUT2D eigenvalue weighted by molar-refractivity contribution is -0.131. The molecule has 0 spiro atoms. The van der Waals surface area contributed by atoms with Crippen LogP contribution in [0.25, 0.3) is 16.8 Å². The van der Waals surface area contributed by atoms with Crippen LogP contribution in [-0.4, -0.2) is 29.2 Å². The van der Waals surface area contributed by atoms with E-state index in [1.165, 1.54) is 0 Å². The molecule has 21 heavy (non-hydrogen) atoms. The molecule has 0 aliphatic rings. The molecule has 0 saturated carbocycles. The standard InChI is InChI=1S/C17H18O3S/c1-2-21-12-11-20-16-9-7-13-5-3-4-6-14(13)15(16)8-10-17(18)19/h3-10H,2,11-12H2,1H3,(H,18,19)/b10-8+. The molecule has 0 atom stereocenters. The van der Waals surface area contributed by atoms with Crippen molar-refractivity contribution in [1.29, 1.82) is 0 Å². The second-order valence-electron chi connectivity index (χ2n) is 4.42. The lowest BCUT2D eigenvalue weighted by atomic mass is 10.0. The summed E-state index contributed by atoms with van der Waals surface area (Å²) in [4.78, 5) is 10.8. The number of carbonyl (C=O) groups is 1. The van der Waals surface area contributed by atoms with Crippen molar-refractivity contribution in [2.24, 2.45) is 0 Å². The van der Waals surface area contributed by atoms with E-state index in [0.717, 1.165) is 39.7 Å². The third kappa shape index (κ3) is 4.26.